The number of piperazine rings is 1. The third-order valence-corrected chi connectivity index (χ3v) is 6.53. The predicted octanol–water partition coefficient (Wildman–Crippen LogP) is 4.94. The molecule has 170 valence electrons. The van der Waals surface area contributed by atoms with E-state index in [-0.39, 0.29) is 5.82 Å². The van der Waals surface area contributed by atoms with E-state index >= 15 is 0 Å². The Bertz CT molecular complexity index is 1290. The van der Waals surface area contributed by atoms with Crippen molar-refractivity contribution >= 4 is 45.9 Å². The Morgan fingerprint density at radius 1 is 1.00 bits per heavy atom. The number of methoxy groups -OCH3 is 1. The van der Waals surface area contributed by atoms with Crippen LogP contribution in [-0.4, -0.2) is 53.5 Å². The van der Waals surface area contributed by atoms with Crippen LogP contribution in [0, 0.1) is 5.82 Å². The average Bonchev–Trinajstić information content (AvgIpc) is 3.24. The molecule has 4 aromatic rings. The number of benzene rings is 2. The fourth-order valence-corrected chi connectivity index (χ4v) is 4.46. The molecule has 0 spiro atoms. The van der Waals surface area contributed by atoms with Gasteiger partial charge in [-0.3, -0.25) is 5.10 Å². The second-order valence-corrected chi connectivity index (χ2v) is 8.53. The third kappa shape index (κ3) is 4.21. The minimum atomic E-state index is -0.234. The standard InChI is InChI=1S/C23H21Cl2FN6O/c1-33-13-18-23(32-11-9-31(10-12-32)15-7-5-14(26)6-8-15)28-22-21(27-18)20(29-30-22)16-3-2-4-17(24)19(16)25/h2-8H,9-13H2,1H3,(H,28,29,30). The summed E-state index contributed by atoms with van der Waals surface area (Å²) in [5.74, 6) is 0.515. The van der Waals surface area contributed by atoms with Crippen LogP contribution in [0.1, 0.15) is 5.69 Å². The number of nitrogens with zero attached hydrogens (tertiary/aromatic N) is 5. The maximum absolute atomic E-state index is 13.3. The smallest absolute Gasteiger partial charge is 0.202 e. The Labute approximate surface area is 200 Å². The summed E-state index contributed by atoms with van der Waals surface area (Å²) < 4.78 is 18.7. The SMILES string of the molecule is COCc1nc2c(-c3cccc(Cl)c3Cl)[nH]nc2nc1N1CCN(c2ccc(F)cc2)CC1. The van der Waals surface area contributed by atoms with Gasteiger partial charge in [0.25, 0.3) is 0 Å². The van der Waals surface area contributed by atoms with Gasteiger partial charge in [0, 0.05) is 44.5 Å². The van der Waals surface area contributed by atoms with Crippen LogP contribution >= 0.6 is 23.2 Å². The highest BCUT2D eigenvalue weighted by Gasteiger charge is 2.24. The van der Waals surface area contributed by atoms with Crippen molar-refractivity contribution in [2.75, 3.05) is 43.1 Å². The van der Waals surface area contributed by atoms with E-state index in [4.69, 9.17) is 37.9 Å². The van der Waals surface area contributed by atoms with Gasteiger partial charge in [-0.2, -0.15) is 5.10 Å². The Hall–Kier alpha value is -2.94. The van der Waals surface area contributed by atoms with Crippen molar-refractivity contribution in [2.45, 2.75) is 6.61 Å². The summed E-state index contributed by atoms with van der Waals surface area (Å²) in [4.78, 5) is 14.1. The van der Waals surface area contributed by atoms with E-state index in [1.54, 1.807) is 25.3 Å². The van der Waals surface area contributed by atoms with Gasteiger partial charge in [-0.1, -0.05) is 35.3 Å². The first-order chi connectivity index (χ1) is 16.0. The maximum atomic E-state index is 13.3. The largest absolute Gasteiger partial charge is 0.378 e. The number of nitrogens with one attached hydrogen (secondary N) is 1. The first kappa shape index (κ1) is 21.9. The average molecular weight is 487 g/mol. The molecule has 1 saturated heterocycles. The normalized spacial score (nSPS) is 14.3. The molecule has 3 heterocycles. The minimum absolute atomic E-state index is 0.234. The zero-order valence-corrected chi connectivity index (χ0v) is 19.4. The topological polar surface area (TPSA) is 70.2 Å². The number of ether oxygens (including phenoxy) is 1. The molecular formula is C23H21Cl2FN6O. The van der Waals surface area contributed by atoms with Gasteiger partial charge >= 0.3 is 0 Å². The lowest BCUT2D eigenvalue weighted by Crippen LogP contribution is -2.47. The molecule has 0 radical (unpaired) electrons. The van der Waals surface area contributed by atoms with E-state index in [1.807, 2.05) is 12.1 Å². The minimum Gasteiger partial charge on any atom is -0.378 e. The summed E-state index contributed by atoms with van der Waals surface area (Å²) >= 11 is 12.6. The van der Waals surface area contributed by atoms with Crippen molar-refractivity contribution < 1.29 is 9.13 Å². The maximum Gasteiger partial charge on any atom is 0.202 e. The molecule has 1 aliphatic rings. The van der Waals surface area contributed by atoms with Crippen molar-refractivity contribution in [3.8, 4) is 11.3 Å². The van der Waals surface area contributed by atoms with Crippen LogP contribution in [0.15, 0.2) is 42.5 Å². The molecule has 7 nitrogen and oxygen atoms in total. The van der Waals surface area contributed by atoms with Crippen LogP contribution in [0.5, 0.6) is 0 Å². The van der Waals surface area contributed by atoms with Gasteiger partial charge in [-0.25, -0.2) is 14.4 Å². The van der Waals surface area contributed by atoms with Gasteiger partial charge in [0.15, 0.2) is 5.82 Å². The quantitative estimate of drug-likeness (QED) is 0.430. The molecule has 0 aliphatic carbocycles. The van der Waals surface area contributed by atoms with Crippen molar-refractivity contribution in [2.24, 2.45) is 0 Å². The fraction of sp³-hybridized carbons (Fsp3) is 0.261. The molecular weight excluding hydrogens is 466 g/mol. The van der Waals surface area contributed by atoms with Crippen LogP contribution in [0.3, 0.4) is 0 Å². The van der Waals surface area contributed by atoms with Gasteiger partial charge in [-0.15, -0.1) is 0 Å². The predicted molar refractivity (Wildman–Crippen MR) is 129 cm³/mol. The van der Waals surface area contributed by atoms with E-state index in [0.29, 0.717) is 39.1 Å². The summed E-state index contributed by atoms with van der Waals surface area (Å²) in [6, 6.07) is 12.0. The van der Waals surface area contributed by atoms with E-state index in [1.165, 1.54) is 12.1 Å². The third-order valence-electron chi connectivity index (χ3n) is 5.71. The van der Waals surface area contributed by atoms with Crippen molar-refractivity contribution in [1.29, 1.82) is 0 Å². The summed E-state index contributed by atoms with van der Waals surface area (Å²) in [6.45, 7) is 3.35. The van der Waals surface area contributed by atoms with Gasteiger partial charge in [0.2, 0.25) is 5.65 Å². The van der Waals surface area contributed by atoms with E-state index in [2.05, 4.69) is 20.0 Å². The summed E-state index contributed by atoms with van der Waals surface area (Å²) in [5, 5.41) is 8.28. The van der Waals surface area contributed by atoms with Crippen molar-refractivity contribution in [1.82, 2.24) is 20.2 Å². The van der Waals surface area contributed by atoms with Gasteiger partial charge in [-0.05, 0) is 30.3 Å². The van der Waals surface area contributed by atoms with E-state index in [0.717, 1.165) is 43.4 Å². The van der Waals surface area contributed by atoms with E-state index < -0.39 is 0 Å². The Balaban J connectivity index is 1.46. The van der Waals surface area contributed by atoms with Crippen LogP contribution in [0.25, 0.3) is 22.4 Å². The lowest BCUT2D eigenvalue weighted by Gasteiger charge is -2.37. The number of fused-ring (bicyclic) bond motifs is 1. The number of anilines is 2. The molecule has 33 heavy (non-hydrogen) atoms. The molecule has 5 rings (SSSR count). The van der Waals surface area contributed by atoms with Gasteiger partial charge < -0.3 is 14.5 Å². The van der Waals surface area contributed by atoms with Gasteiger partial charge in [0.1, 0.15) is 17.0 Å². The molecule has 0 bridgehead atoms. The van der Waals surface area contributed by atoms with Gasteiger partial charge in [0.05, 0.1) is 22.3 Å². The summed E-state index contributed by atoms with van der Waals surface area (Å²) in [5.41, 5.74) is 4.21. The number of hydrogen-bond acceptors (Lipinski definition) is 6. The molecule has 10 heteroatoms. The fourth-order valence-electron chi connectivity index (χ4n) is 4.06. The number of aromatic amines is 1. The Morgan fingerprint density at radius 3 is 2.45 bits per heavy atom. The monoisotopic (exact) mass is 486 g/mol. The highest BCUT2D eigenvalue weighted by atomic mass is 35.5. The Kier molecular flexibility index (Phi) is 6.05. The van der Waals surface area contributed by atoms with Crippen LogP contribution in [0.2, 0.25) is 10.0 Å². The second kappa shape index (κ2) is 9.13. The van der Waals surface area contributed by atoms with Crippen LogP contribution in [-0.2, 0) is 11.3 Å². The van der Waals surface area contributed by atoms with Crippen molar-refractivity contribution in [3.63, 3.8) is 0 Å². The highest BCUT2D eigenvalue weighted by molar-refractivity contribution is 6.43. The molecule has 0 amide bonds. The molecule has 0 atom stereocenters. The summed E-state index contributed by atoms with van der Waals surface area (Å²) in [7, 11) is 1.63. The number of halogens is 3. The number of aromatic nitrogens is 4. The second-order valence-electron chi connectivity index (χ2n) is 7.75. The molecule has 1 N–H and O–H groups in total. The molecule has 0 saturated carbocycles. The summed E-state index contributed by atoms with van der Waals surface area (Å²) in [6.07, 6.45) is 0. The Morgan fingerprint density at radius 2 is 1.73 bits per heavy atom. The molecule has 1 fully saturated rings. The molecule has 2 aromatic heterocycles. The first-order valence-corrected chi connectivity index (χ1v) is 11.2. The molecule has 2 aromatic carbocycles. The van der Waals surface area contributed by atoms with E-state index in [9.17, 15) is 4.39 Å². The lowest BCUT2D eigenvalue weighted by atomic mass is 10.1. The lowest BCUT2D eigenvalue weighted by molar-refractivity contribution is 0.181. The highest BCUT2D eigenvalue weighted by Crippen LogP contribution is 2.36. The zero-order valence-electron chi connectivity index (χ0n) is 17.9. The van der Waals surface area contributed by atoms with Crippen LogP contribution < -0.4 is 9.80 Å². The zero-order chi connectivity index (χ0) is 22.9. The number of rotatable bonds is 5. The molecule has 0 unspecified atom stereocenters. The first-order valence-electron chi connectivity index (χ1n) is 10.5. The van der Waals surface area contributed by atoms with Crippen LogP contribution in [0.4, 0.5) is 15.9 Å². The van der Waals surface area contributed by atoms with Crippen molar-refractivity contribution in [3.05, 3.63) is 64.0 Å². The molecule has 1 aliphatic heterocycles. The number of H-pyrrole nitrogens is 1. The number of hydrogen-bond donors (Lipinski definition) is 1.